The fourth-order valence-electron chi connectivity index (χ4n) is 3.54. The van der Waals surface area contributed by atoms with Crippen LogP contribution in [0, 0.1) is 11.7 Å². The average molecular weight is 396 g/mol. The largest absolute Gasteiger partial charge is 0.416 e. The molecule has 0 unspecified atom stereocenters. The molecule has 3 rings (SSSR count). The zero-order valence-corrected chi connectivity index (χ0v) is 15.0. The first-order valence-electron chi connectivity index (χ1n) is 8.16. The summed E-state index contributed by atoms with van der Waals surface area (Å²) < 4.78 is 84.1. The van der Waals surface area contributed by atoms with Crippen LogP contribution in [0.2, 0.25) is 0 Å². The van der Waals surface area contributed by atoms with Crippen LogP contribution in [-0.2, 0) is 27.5 Å². The molecule has 5 nitrogen and oxygen atoms in total. The molecule has 2 aliphatic rings. The molecule has 1 aromatic rings. The molecule has 2 fully saturated rings. The maximum absolute atomic E-state index is 13.6. The van der Waals surface area contributed by atoms with Gasteiger partial charge >= 0.3 is 6.18 Å². The summed E-state index contributed by atoms with van der Waals surface area (Å²) in [7, 11) is -3.41. The Balaban J connectivity index is 1.90. The topological polar surface area (TPSA) is 49.9 Å². The zero-order chi connectivity index (χ0) is 19.1. The number of halogens is 4. The van der Waals surface area contributed by atoms with Gasteiger partial charge in [0.25, 0.3) is 0 Å². The Kier molecular flexibility index (Phi) is 5.31. The molecule has 2 saturated heterocycles. The van der Waals surface area contributed by atoms with Gasteiger partial charge in [0.05, 0.1) is 25.0 Å². The average Bonchev–Trinajstić information content (AvgIpc) is 2.75. The van der Waals surface area contributed by atoms with Crippen LogP contribution < -0.4 is 0 Å². The number of hydrogen-bond donors (Lipinski definition) is 0. The minimum atomic E-state index is -4.58. The number of fused-ring (bicyclic) bond motifs is 3. The van der Waals surface area contributed by atoms with E-state index >= 15 is 0 Å². The normalized spacial score (nSPS) is 25.9. The highest BCUT2D eigenvalue weighted by molar-refractivity contribution is 7.88. The second-order valence-electron chi connectivity index (χ2n) is 6.87. The van der Waals surface area contributed by atoms with Gasteiger partial charge in [-0.1, -0.05) is 0 Å². The molecule has 146 valence electrons. The van der Waals surface area contributed by atoms with Crippen molar-refractivity contribution in [2.75, 3.05) is 39.1 Å². The molecule has 26 heavy (non-hydrogen) atoms. The van der Waals surface area contributed by atoms with Crippen molar-refractivity contribution in [3.05, 3.63) is 35.1 Å². The van der Waals surface area contributed by atoms with Crippen molar-refractivity contribution in [2.24, 2.45) is 5.92 Å². The lowest BCUT2D eigenvalue weighted by atomic mass is 10.0. The number of nitrogens with zero attached hydrogens (tertiary/aromatic N) is 2. The van der Waals surface area contributed by atoms with Gasteiger partial charge in [0.15, 0.2) is 0 Å². The van der Waals surface area contributed by atoms with Crippen LogP contribution in [0.25, 0.3) is 0 Å². The molecule has 2 atom stereocenters. The van der Waals surface area contributed by atoms with E-state index in [0.29, 0.717) is 13.2 Å². The van der Waals surface area contributed by atoms with Crippen molar-refractivity contribution >= 4 is 10.0 Å². The Morgan fingerprint density at radius 3 is 2.58 bits per heavy atom. The molecule has 0 amide bonds. The lowest BCUT2D eigenvalue weighted by molar-refractivity contribution is -0.138. The quantitative estimate of drug-likeness (QED) is 0.733. The predicted octanol–water partition coefficient (Wildman–Crippen LogP) is 1.94. The molecule has 0 radical (unpaired) electrons. The summed E-state index contributed by atoms with van der Waals surface area (Å²) in [4.78, 5) is 1.77. The van der Waals surface area contributed by atoms with Crippen molar-refractivity contribution < 1.29 is 30.7 Å². The standard InChI is InChI=1S/C16H20F4N2O3S/c1-26(23,24)22-6-11-5-21(14(8-22)10-25-9-11)7-12-4-13(17)2-3-15(12)16(18,19)20/h2-4,11,14H,5-10H2,1H3/t11-,14+/m1/s1. The SMILES string of the molecule is CS(=O)(=O)N1C[C@@H]2COC[C@H](C1)N(Cc1cc(F)ccc1C(F)(F)F)C2. The predicted molar refractivity (Wildman–Crippen MR) is 86.3 cm³/mol. The van der Waals surface area contributed by atoms with E-state index < -0.39 is 27.6 Å². The lowest BCUT2D eigenvalue weighted by Crippen LogP contribution is -2.45. The van der Waals surface area contributed by atoms with Crippen molar-refractivity contribution in [3.63, 3.8) is 0 Å². The Morgan fingerprint density at radius 1 is 1.19 bits per heavy atom. The van der Waals surface area contributed by atoms with Crippen LogP contribution in [0.5, 0.6) is 0 Å². The number of hydrogen-bond acceptors (Lipinski definition) is 4. The molecule has 2 aliphatic heterocycles. The maximum Gasteiger partial charge on any atom is 0.416 e. The minimum absolute atomic E-state index is 0.116. The van der Waals surface area contributed by atoms with Crippen LogP contribution in [0.1, 0.15) is 11.1 Å². The zero-order valence-electron chi connectivity index (χ0n) is 14.2. The highest BCUT2D eigenvalue weighted by atomic mass is 32.2. The summed E-state index contributed by atoms with van der Waals surface area (Å²) in [5, 5.41) is 0. The third-order valence-electron chi connectivity index (χ3n) is 4.76. The van der Waals surface area contributed by atoms with Crippen molar-refractivity contribution in [3.8, 4) is 0 Å². The monoisotopic (exact) mass is 396 g/mol. The summed E-state index contributed by atoms with van der Waals surface area (Å²) in [6, 6.07) is 2.05. The molecule has 0 aromatic heterocycles. The summed E-state index contributed by atoms with van der Waals surface area (Å²) in [6.07, 6.45) is -3.47. The second-order valence-corrected chi connectivity index (χ2v) is 8.85. The Hall–Kier alpha value is -1.23. The van der Waals surface area contributed by atoms with Gasteiger partial charge in [-0.3, -0.25) is 4.90 Å². The van der Waals surface area contributed by atoms with E-state index in [2.05, 4.69) is 0 Å². The molecule has 10 heteroatoms. The third kappa shape index (κ3) is 4.36. The highest BCUT2D eigenvalue weighted by Crippen LogP contribution is 2.34. The van der Waals surface area contributed by atoms with Gasteiger partial charge in [0.2, 0.25) is 10.0 Å². The molecular weight excluding hydrogens is 376 g/mol. The van der Waals surface area contributed by atoms with E-state index in [1.54, 1.807) is 4.90 Å². The van der Waals surface area contributed by atoms with Gasteiger partial charge < -0.3 is 4.74 Å². The van der Waals surface area contributed by atoms with Crippen LogP contribution in [-0.4, -0.2) is 62.8 Å². The molecule has 0 N–H and O–H groups in total. The van der Waals surface area contributed by atoms with Gasteiger partial charge in [-0.15, -0.1) is 0 Å². The first-order valence-corrected chi connectivity index (χ1v) is 10.0. The van der Waals surface area contributed by atoms with E-state index in [0.717, 1.165) is 24.5 Å². The van der Waals surface area contributed by atoms with Gasteiger partial charge in [-0.2, -0.15) is 13.2 Å². The molecule has 0 aliphatic carbocycles. The molecule has 2 bridgehead atoms. The molecule has 2 heterocycles. The Bertz CT molecular complexity index is 769. The Morgan fingerprint density at radius 2 is 1.92 bits per heavy atom. The lowest BCUT2D eigenvalue weighted by Gasteiger charge is -2.30. The summed E-state index contributed by atoms with van der Waals surface area (Å²) >= 11 is 0. The molecule has 1 aromatic carbocycles. The van der Waals surface area contributed by atoms with Crippen LogP contribution in [0.4, 0.5) is 17.6 Å². The van der Waals surface area contributed by atoms with E-state index in [4.69, 9.17) is 4.74 Å². The summed E-state index contributed by atoms with van der Waals surface area (Å²) in [6.45, 7) is 1.25. The van der Waals surface area contributed by atoms with E-state index in [1.807, 2.05) is 0 Å². The van der Waals surface area contributed by atoms with Crippen molar-refractivity contribution in [2.45, 2.75) is 18.8 Å². The van der Waals surface area contributed by atoms with E-state index in [-0.39, 0.29) is 43.8 Å². The number of rotatable bonds is 3. The number of ether oxygens (including phenoxy) is 1. The first kappa shape index (κ1) is 19.5. The van der Waals surface area contributed by atoms with Gasteiger partial charge in [0, 0.05) is 38.1 Å². The second kappa shape index (κ2) is 7.06. The minimum Gasteiger partial charge on any atom is -0.379 e. The highest BCUT2D eigenvalue weighted by Gasteiger charge is 2.38. The van der Waals surface area contributed by atoms with E-state index in [9.17, 15) is 26.0 Å². The van der Waals surface area contributed by atoms with Gasteiger partial charge in [-0.05, 0) is 23.8 Å². The van der Waals surface area contributed by atoms with Crippen molar-refractivity contribution in [1.29, 1.82) is 0 Å². The van der Waals surface area contributed by atoms with Crippen molar-refractivity contribution in [1.82, 2.24) is 9.21 Å². The summed E-state index contributed by atoms with van der Waals surface area (Å²) in [5.41, 5.74) is -1.03. The fraction of sp³-hybridized carbons (Fsp3) is 0.625. The van der Waals surface area contributed by atoms with Crippen LogP contribution >= 0.6 is 0 Å². The number of sulfonamides is 1. The third-order valence-corrected chi connectivity index (χ3v) is 6.00. The smallest absolute Gasteiger partial charge is 0.379 e. The molecule has 0 spiro atoms. The fourth-order valence-corrected chi connectivity index (χ4v) is 4.46. The first-order chi connectivity index (χ1) is 12.0. The summed E-state index contributed by atoms with van der Waals surface area (Å²) in [5.74, 6) is -0.889. The molecular formula is C16H20F4N2O3S. The molecule has 0 saturated carbocycles. The van der Waals surface area contributed by atoms with Gasteiger partial charge in [0.1, 0.15) is 5.82 Å². The van der Waals surface area contributed by atoms with Gasteiger partial charge in [-0.25, -0.2) is 17.1 Å². The van der Waals surface area contributed by atoms with Crippen LogP contribution in [0.15, 0.2) is 18.2 Å². The van der Waals surface area contributed by atoms with Crippen LogP contribution in [0.3, 0.4) is 0 Å². The maximum atomic E-state index is 13.6. The number of benzene rings is 1. The van der Waals surface area contributed by atoms with E-state index in [1.165, 1.54) is 4.31 Å². The Labute approximate surface area is 149 Å². The number of alkyl halides is 3.